The Morgan fingerprint density at radius 3 is 2.53 bits per heavy atom. The van der Waals surface area contributed by atoms with Crippen LogP contribution in [0.3, 0.4) is 0 Å². The van der Waals surface area contributed by atoms with E-state index in [4.69, 9.17) is 10.8 Å². The number of aliphatic hydroxyl groups excluding tert-OH is 1. The van der Waals surface area contributed by atoms with Crippen LogP contribution in [0.5, 0.6) is 0 Å². The number of hydrogen-bond acceptors (Lipinski definition) is 3. The number of nitrogens with zero attached hydrogens (tertiary/aromatic N) is 1. The molecule has 0 unspecified atom stereocenters. The molecule has 1 aliphatic carbocycles. The second kappa shape index (κ2) is 6.08. The Labute approximate surface area is 91.4 Å². The molecule has 0 radical (unpaired) electrons. The summed E-state index contributed by atoms with van der Waals surface area (Å²) in [5.41, 5.74) is 5.81. The maximum absolute atomic E-state index is 11.7. The minimum Gasteiger partial charge on any atom is -0.395 e. The molecule has 0 aromatic carbocycles. The molecule has 0 bridgehead atoms. The number of nitrogens with two attached hydrogens (primary N) is 1. The van der Waals surface area contributed by atoms with Gasteiger partial charge in [0.25, 0.3) is 0 Å². The summed E-state index contributed by atoms with van der Waals surface area (Å²) in [5, 5.41) is 8.72. The molecule has 0 aromatic rings. The molecule has 0 aliphatic heterocycles. The minimum atomic E-state index is 0.0395. The molecule has 1 rings (SSSR count). The van der Waals surface area contributed by atoms with Crippen molar-refractivity contribution < 1.29 is 9.90 Å². The lowest BCUT2D eigenvalue weighted by Gasteiger charge is -2.27. The van der Waals surface area contributed by atoms with Gasteiger partial charge >= 0.3 is 0 Å². The van der Waals surface area contributed by atoms with Crippen molar-refractivity contribution in [3.05, 3.63) is 0 Å². The number of likely N-dealkylation sites (N-methyl/N-ethyl adjacent to an activating group) is 1. The first kappa shape index (κ1) is 12.5. The number of amides is 1. The summed E-state index contributed by atoms with van der Waals surface area (Å²) in [5.74, 6) is 0.642. The monoisotopic (exact) mass is 214 g/mol. The van der Waals surface area contributed by atoms with Crippen molar-refractivity contribution in [3.8, 4) is 0 Å². The van der Waals surface area contributed by atoms with E-state index in [1.54, 1.807) is 11.9 Å². The lowest BCUT2D eigenvalue weighted by Crippen LogP contribution is -2.33. The van der Waals surface area contributed by atoms with Gasteiger partial charge in [0.2, 0.25) is 5.91 Å². The van der Waals surface area contributed by atoms with E-state index in [1.165, 1.54) is 0 Å². The van der Waals surface area contributed by atoms with Crippen LogP contribution >= 0.6 is 0 Å². The van der Waals surface area contributed by atoms with Crippen LogP contribution in [-0.2, 0) is 4.79 Å². The molecule has 3 N–H and O–H groups in total. The van der Waals surface area contributed by atoms with Crippen LogP contribution in [0, 0.1) is 5.92 Å². The molecule has 1 fully saturated rings. The van der Waals surface area contributed by atoms with Gasteiger partial charge in [-0.05, 0) is 31.6 Å². The molecule has 4 nitrogen and oxygen atoms in total. The van der Waals surface area contributed by atoms with Gasteiger partial charge in [-0.1, -0.05) is 0 Å². The van der Waals surface area contributed by atoms with Gasteiger partial charge in [0.05, 0.1) is 6.61 Å². The van der Waals surface area contributed by atoms with Crippen molar-refractivity contribution in [2.45, 2.75) is 38.1 Å². The molecule has 1 saturated carbocycles. The Bertz CT molecular complexity index is 201. The highest BCUT2D eigenvalue weighted by Gasteiger charge is 2.22. The summed E-state index contributed by atoms with van der Waals surface area (Å²) in [6, 6.07) is 0.339. The lowest BCUT2D eigenvalue weighted by molar-refractivity contribution is -0.131. The molecule has 4 heteroatoms. The van der Waals surface area contributed by atoms with Crippen molar-refractivity contribution in [2.75, 3.05) is 20.2 Å². The maximum atomic E-state index is 11.7. The number of carbonyl (C=O) groups is 1. The highest BCUT2D eigenvalue weighted by Crippen LogP contribution is 2.26. The third-order valence-corrected chi connectivity index (χ3v) is 3.22. The van der Waals surface area contributed by atoms with Crippen LogP contribution in [0.4, 0.5) is 0 Å². The zero-order chi connectivity index (χ0) is 11.3. The summed E-state index contributed by atoms with van der Waals surface area (Å²) in [6.45, 7) is 0.475. The first-order valence-electron chi connectivity index (χ1n) is 5.74. The third kappa shape index (κ3) is 4.18. The third-order valence-electron chi connectivity index (χ3n) is 3.22. The zero-order valence-electron chi connectivity index (χ0n) is 9.48. The molecule has 1 aliphatic rings. The SMILES string of the molecule is CN(CCO)C(=O)CC1CCC(N)CC1. The molecule has 88 valence electrons. The predicted molar refractivity (Wildman–Crippen MR) is 59.3 cm³/mol. The predicted octanol–water partition coefficient (Wildman–Crippen LogP) is 0.345. The molecule has 0 spiro atoms. The molecule has 1 amide bonds. The van der Waals surface area contributed by atoms with E-state index >= 15 is 0 Å². The molecular weight excluding hydrogens is 192 g/mol. The van der Waals surface area contributed by atoms with Gasteiger partial charge in [-0.3, -0.25) is 4.79 Å². The first-order valence-corrected chi connectivity index (χ1v) is 5.74. The van der Waals surface area contributed by atoms with E-state index in [0.717, 1.165) is 25.7 Å². The first-order chi connectivity index (χ1) is 7.13. The smallest absolute Gasteiger partial charge is 0.222 e. The molecule has 0 atom stereocenters. The Balaban J connectivity index is 2.25. The maximum Gasteiger partial charge on any atom is 0.222 e. The van der Waals surface area contributed by atoms with E-state index < -0.39 is 0 Å². The van der Waals surface area contributed by atoms with Gasteiger partial charge in [-0.25, -0.2) is 0 Å². The topological polar surface area (TPSA) is 66.6 Å². The van der Waals surface area contributed by atoms with E-state index in [1.807, 2.05) is 0 Å². The number of aliphatic hydroxyl groups is 1. The summed E-state index contributed by atoms with van der Waals surface area (Å²) < 4.78 is 0. The summed E-state index contributed by atoms with van der Waals surface area (Å²) in [6.07, 6.45) is 4.84. The Hall–Kier alpha value is -0.610. The van der Waals surface area contributed by atoms with Crippen molar-refractivity contribution in [1.29, 1.82) is 0 Å². The Morgan fingerprint density at radius 2 is 2.00 bits per heavy atom. The highest BCUT2D eigenvalue weighted by molar-refractivity contribution is 5.76. The van der Waals surface area contributed by atoms with Gasteiger partial charge in [-0.15, -0.1) is 0 Å². The van der Waals surface area contributed by atoms with Gasteiger partial charge < -0.3 is 15.7 Å². The second-order valence-electron chi connectivity index (χ2n) is 4.52. The second-order valence-corrected chi connectivity index (χ2v) is 4.52. The highest BCUT2D eigenvalue weighted by atomic mass is 16.3. The quantitative estimate of drug-likeness (QED) is 0.709. The normalized spacial score (nSPS) is 26.3. The van der Waals surface area contributed by atoms with Crippen LogP contribution in [0.1, 0.15) is 32.1 Å². The van der Waals surface area contributed by atoms with Crippen molar-refractivity contribution in [3.63, 3.8) is 0 Å². The summed E-state index contributed by atoms with van der Waals surface area (Å²) in [4.78, 5) is 13.3. The van der Waals surface area contributed by atoms with E-state index in [2.05, 4.69) is 0 Å². The van der Waals surface area contributed by atoms with E-state index in [-0.39, 0.29) is 12.5 Å². The zero-order valence-corrected chi connectivity index (χ0v) is 9.48. The van der Waals surface area contributed by atoms with E-state index in [9.17, 15) is 4.79 Å². The van der Waals surface area contributed by atoms with Gasteiger partial charge in [-0.2, -0.15) is 0 Å². The van der Waals surface area contributed by atoms with Gasteiger partial charge in [0.15, 0.2) is 0 Å². The van der Waals surface area contributed by atoms with Crippen LogP contribution in [0.2, 0.25) is 0 Å². The molecule has 0 aromatic heterocycles. The Kier molecular flexibility index (Phi) is 5.05. The minimum absolute atomic E-state index is 0.0395. The fourth-order valence-corrected chi connectivity index (χ4v) is 2.07. The van der Waals surface area contributed by atoms with Crippen molar-refractivity contribution in [2.24, 2.45) is 11.7 Å². The fourth-order valence-electron chi connectivity index (χ4n) is 2.07. The Morgan fingerprint density at radius 1 is 1.40 bits per heavy atom. The summed E-state index contributed by atoms with van der Waals surface area (Å²) >= 11 is 0. The average Bonchev–Trinajstić information content (AvgIpc) is 2.22. The molecule has 0 heterocycles. The van der Waals surface area contributed by atoms with Crippen LogP contribution in [0.25, 0.3) is 0 Å². The van der Waals surface area contributed by atoms with Crippen LogP contribution < -0.4 is 5.73 Å². The van der Waals surface area contributed by atoms with Crippen molar-refractivity contribution in [1.82, 2.24) is 4.90 Å². The largest absolute Gasteiger partial charge is 0.395 e. The molecule has 15 heavy (non-hydrogen) atoms. The summed E-state index contributed by atoms with van der Waals surface area (Å²) in [7, 11) is 1.74. The van der Waals surface area contributed by atoms with Crippen molar-refractivity contribution >= 4 is 5.91 Å². The standard InChI is InChI=1S/C11H22N2O2/c1-13(6-7-14)11(15)8-9-2-4-10(12)5-3-9/h9-10,14H,2-8,12H2,1H3. The van der Waals surface area contributed by atoms with Gasteiger partial charge in [0.1, 0.15) is 0 Å². The van der Waals surface area contributed by atoms with Gasteiger partial charge in [0, 0.05) is 26.1 Å². The van der Waals surface area contributed by atoms with Crippen LogP contribution in [0.15, 0.2) is 0 Å². The number of hydrogen-bond donors (Lipinski definition) is 2. The van der Waals surface area contributed by atoms with Crippen LogP contribution in [-0.4, -0.2) is 42.2 Å². The number of rotatable bonds is 4. The lowest BCUT2D eigenvalue weighted by atomic mass is 9.84. The molecular formula is C11H22N2O2. The fraction of sp³-hybridized carbons (Fsp3) is 0.909. The number of carbonyl (C=O) groups excluding carboxylic acids is 1. The van der Waals surface area contributed by atoms with E-state index in [0.29, 0.717) is 24.9 Å². The molecule has 0 saturated heterocycles. The average molecular weight is 214 g/mol.